The smallest absolute Gasteiger partial charge is 0.246 e. The van der Waals surface area contributed by atoms with Crippen LogP contribution < -0.4 is 10.6 Å². The number of hydrogen-bond donors (Lipinski definition) is 2. The summed E-state index contributed by atoms with van der Waals surface area (Å²) in [5.41, 5.74) is 3.13. The summed E-state index contributed by atoms with van der Waals surface area (Å²) in [5.74, 6) is -0.310. The van der Waals surface area contributed by atoms with Gasteiger partial charge in [-0.1, -0.05) is 53.6 Å². The van der Waals surface area contributed by atoms with Crippen molar-refractivity contribution in [1.29, 1.82) is 0 Å². The summed E-state index contributed by atoms with van der Waals surface area (Å²) in [6.45, 7) is 8.23. The van der Waals surface area contributed by atoms with Gasteiger partial charge >= 0.3 is 0 Å². The Morgan fingerprint density at radius 3 is 1.57 bits per heavy atom. The van der Waals surface area contributed by atoms with Crippen molar-refractivity contribution in [3.63, 3.8) is 0 Å². The van der Waals surface area contributed by atoms with E-state index < -0.39 is 12.1 Å². The number of halogens is 3. The van der Waals surface area contributed by atoms with Gasteiger partial charge in [0.1, 0.15) is 49.6 Å². The van der Waals surface area contributed by atoms with E-state index in [1.165, 1.54) is 17.7 Å². The predicted molar refractivity (Wildman–Crippen MR) is 180 cm³/mol. The minimum Gasteiger partial charge on any atom is -0.342 e. The highest BCUT2D eigenvalue weighted by Gasteiger charge is 2.50. The lowest BCUT2D eigenvalue weighted by Crippen LogP contribution is -2.71. The van der Waals surface area contributed by atoms with Crippen LogP contribution in [0.2, 0.25) is 0 Å². The van der Waals surface area contributed by atoms with E-state index in [1.807, 2.05) is 31.2 Å². The van der Waals surface area contributed by atoms with E-state index in [0.29, 0.717) is 45.0 Å². The van der Waals surface area contributed by atoms with Gasteiger partial charge in [-0.25, -0.2) is 4.39 Å². The molecule has 0 spiro atoms. The van der Waals surface area contributed by atoms with E-state index >= 15 is 0 Å². The van der Waals surface area contributed by atoms with Crippen LogP contribution in [0, 0.1) is 12.7 Å². The quantitative estimate of drug-likeness (QED) is 0.217. The maximum Gasteiger partial charge on any atom is 0.246 e. The SMILES string of the molecule is Cc1ccc(C[C@@H]2NC(=O)[C@@H]3CCCN3C2=O)cc1.F[N+]12CC[N+](CCl)(CC1)CC2.O=C1N[C@@H](Cc2ccc(F)cc2)C(=O)N2CCC[C@@H]12. The molecular formula is C36H47ClF2N6O4+2. The van der Waals surface area contributed by atoms with E-state index in [4.69, 9.17) is 11.6 Å². The molecule has 0 saturated carbocycles. The van der Waals surface area contributed by atoms with Crippen LogP contribution >= 0.6 is 11.6 Å². The second-order valence-corrected chi connectivity index (χ2v) is 14.6. The lowest BCUT2D eigenvalue weighted by molar-refractivity contribution is -1.15. The Morgan fingerprint density at radius 1 is 0.714 bits per heavy atom. The van der Waals surface area contributed by atoms with Crippen LogP contribution in [0.4, 0.5) is 8.87 Å². The van der Waals surface area contributed by atoms with Gasteiger partial charge in [0.25, 0.3) is 0 Å². The Bertz CT molecular complexity index is 1420. The van der Waals surface area contributed by atoms with Gasteiger partial charge in [-0.05, 0) is 60.3 Å². The van der Waals surface area contributed by atoms with Crippen molar-refractivity contribution < 1.29 is 37.2 Å². The summed E-state index contributed by atoms with van der Waals surface area (Å²) < 4.78 is 27.1. The second kappa shape index (κ2) is 14.7. The molecule has 4 atom stereocenters. The number of quaternary nitrogens is 2. The highest BCUT2D eigenvalue weighted by Crippen LogP contribution is 2.27. The van der Waals surface area contributed by atoms with Gasteiger partial charge in [0.15, 0.2) is 25.6 Å². The molecule has 0 aliphatic carbocycles. The third kappa shape index (κ3) is 7.91. The topological polar surface area (TPSA) is 98.8 Å². The molecule has 0 aromatic heterocycles. The number of rotatable bonds is 5. The average Bonchev–Trinajstić information content (AvgIpc) is 3.81. The van der Waals surface area contributed by atoms with Gasteiger partial charge in [-0.2, -0.15) is 0 Å². The standard InChI is InChI=1S/C15H18N2O2.C14H15FN2O2.C7H14ClFN2/c1-10-4-6-11(7-5-10)9-12-15(19)17-8-2-3-13(17)14(18)16-12;15-10-5-3-9(4-6-10)8-11-14(19)17-7-1-2-12(17)13(18)16-11;8-7-10-1-4-11(9,5-2-10)6-3-10/h4-7,12-13H,2-3,8-9H2,1H3,(H,16,18);3-6,11-12H,1-2,7-8H2,(H,16,18);1-7H2/q;;+2/t12-,13-;11-,12-;/m00./s1. The van der Waals surface area contributed by atoms with Crippen LogP contribution in [0.25, 0.3) is 0 Å². The third-order valence-corrected chi connectivity index (χ3v) is 11.5. The zero-order valence-electron chi connectivity index (χ0n) is 28.1. The first kappa shape index (κ1) is 35.2. The molecule has 49 heavy (non-hydrogen) atoms. The van der Waals surface area contributed by atoms with Gasteiger partial charge < -0.3 is 20.4 Å². The number of carbonyl (C=O) groups is 4. The molecule has 2 bridgehead atoms. The number of piperazine rings is 5. The van der Waals surface area contributed by atoms with Crippen molar-refractivity contribution >= 4 is 35.2 Å². The van der Waals surface area contributed by atoms with Crippen molar-refractivity contribution in [2.45, 2.75) is 69.6 Å². The van der Waals surface area contributed by atoms with Crippen LogP contribution in [-0.2, 0) is 32.0 Å². The Balaban J connectivity index is 0.000000132. The maximum absolute atomic E-state index is 13.5. The van der Waals surface area contributed by atoms with Crippen LogP contribution in [0.3, 0.4) is 0 Å². The summed E-state index contributed by atoms with van der Waals surface area (Å²) in [7, 11) is 0. The first-order chi connectivity index (χ1) is 23.5. The molecule has 13 heteroatoms. The predicted octanol–water partition coefficient (Wildman–Crippen LogP) is 2.61. The summed E-state index contributed by atoms with van der Waals surface area (Å²) in [6.07, 6.45) is 4.35. The molecule has 7 aliphatic heterocycles. The first-order valence-electron chi connectivity index (χ1n) is 17.5. The van der Waals surface area contributed by atoms with E-state index in [0.717, 1.165) is 67.5 Å². The van der Waals surface area contributed by atoms with Gasteiger partial charge in [0.05, 0.1) is 0 Å². The van der Waals surface area contributed by atoms with E-state index in [-0.39, 0.29) is 46.2 Å². The first-order valence-corrected chi connectivity index (χ1v) is 18.0. The van der Waals surface area contributed by atoms with Gasteiger partial charge in [0, 0.05) is 25.9 Å². The van der Waals surface area contributed by atoms with Gasteiger partial charge in [-0.15, -0.1) is 4.71 Å². The maximum atomic E-state index is 13.5. The fraction of sp³-hybridized carbons (Fsp3) is 0.556. The van der Waals surface area contributed by atoms with Crippen LogP contribution in [0.5, 0.6) is 0 Å². The molecule has 10 nitrogen and oxygen atoms in total. The largest absolute Gasteiger partial charge is 0.342 e. The minimum atomic E-state index is -0.521. The summed E-state index contributed by atoms with van der Waals surface area (Å²) >= 11 is 5.85. The Morgan fingerprint density at radius 2 is 1.14 bits per heavy atom. The van der Waals surface area contributed by atoms with Gasteiger partial charge in [-0.3, -0.25) is 23.7 Å². The van der Waals surface area contributed by atoms with E-state index in [2.05, 4.69) is 10.6 Å². The van der Waals surface area contributed by atoms with E-state index in [1.54, 1.807) is 21.9 Å². The highest BCUT2D eigenvalue weighted by atomic mass is 35.5. The van der Waals surface area contributed by atoms with Crippen molar-refractivity contribution in [1.82, 2.24) is 20.4 Å². The minimum absolute atomic E-state index is 0.00853. The van der Waals surface area contributed by atoms with Crippen molar-refractivity contribution in [3.05, 3.63) is 71.0 Å². The molecule has 0 radical (unpaired) electrons. The third-order valence-electron chi connectivity index (χ3n) is 11.0. The number of carbonyl (C=O) groups excluding carboxylic acids is 4. The molecular weight excluding hydrogens is 654 g/mol. The molecule has 4 amide bonds. The zero-order chi connectivity index (χ0) is 34.8. The van der Waals surface area contributed by atoms with Crippen molar-refractivity contribution in [3.8, 4) is 0 Å². The van der Waals surface area contributed by atoms with Crippen LogP contribution in [0.1, 0.15) is 42.4 Å². The molecule has 264 valence electrons. The Kier molecular flexibility index (Phi) is 10.6. The summed E-state index contributed by atoms with van der Waals surface area (Å²) in [5, 5.41) is 5.65. The number of amides is 4. The number of fused-ring (bicyclic) bond motifs is 5. The van der Waals surface area contributed by atoms with Crippen molar-refractivity contribution in [2.75, 3.05) is 58.4 Å². The van der Waals surface area contributed by atoms with Crippen LogP contribution in [-0.4, -0.2) is 125 Å². The average molecular weight is 701 g/mol. The zero-order valence-corrected chi connectivity index (χ0v) is 28.8. The monoisotopic (exact) mass is 700 g/mol. The molecule has 7 aliphatic rings. The summed E-state index contributed by atoms with van der Waals surface area (Å²) in [4.78, 5) is 51.9. The second-order valence-electron chi connectivity index (χ2n) is 14.4. The molecule has 2 aromatic carbocycles. The van der Waals surface area contributed by atoms with E-state index in [9.17, 15) is 28.0 Å². The Hall–Kier alpha value is -3.61. The number of hydrogen-bond acceptors (Lipinski definition) is 4. The lowest BCUT2D eigenvalue weighted by atomic mass is 10.0. The Labute approximate surface area is 291 Å². The number of alkyl halides is 1. The highest BCUT2D eigenvalue weighted by molar-refractivity contribution is 6.17. The molecule has 2 aromatic rings. The normalized spacial score (nSPS) is 31.5. The number of aryl methyl sites for hydroxylation is 1. The molecule has 7 heterocycles. The number of nitrogens with zero attached hydrogens (tertiary/aromatic N) is 4. The number of benzene rings is 2. The molecule has 7 saturated heterocycles. The number of nitrogens with one attached hydrogen (secondary N) is 2. The molecule has 9 rings (SSSR count). The van der Waals surface area contributed by atoms with Gasteiger partial charge in [0.2, 0.25) is 23.6 Å². The fourth-order valence-corrected chi connectivity index (χ4v) is 8.14. The van der Waals surface area contributed by atoms with Crippen LogP contribution in [0.15, 0.2) is 48.5 Å². The fourth-order valence-electron chi connectivity index (χ4n) is 7.78. The molecule has 2 N–H and O–H groups in total. The molecule has 7 fully saturated rings. The lowest BCUT2D eigenvalue weighted by Gasteiger charge is -2.48. The van der Waals surface area contributed by atoms with Crippen molar-refractivity contribution in [2.24, 2.45) is 0 Å². The summed E-state index contributed by atoms with van der Waals surface area (Å²) in [6, 6.07) is 13.4. The molecule has 0 unspecified atom stereocenters.